The number of fused-ring (bicyclic) bond motifs is 1. The second-order valence-corrected chi connectivity index (χ2v) is 6.28. The Kier molecular flexibility index (Phi) is 2.98. The smallest absolute Gasteiger partial charge is 0.129 e. The fourth-order valence-corrected chi connectivity index (χ4v) is 3.43. The zero-order valence-corrected chi connectivity index (χ0v) is 11.0. The highest BCUT2D eigenvalue weighted by Crippen LogP contribution is 2.66. The van der Waals surface area contributed by atoms with Crippen LogP contribution in [-0.4, -0.2) is 5.78 Å². The lowest BCUT2D eigenvalue weighted by Crippen LogP contribution is -2.08. The van der Waals surface area contributed by atoms with Crippen LogP contribution in [0.1, 0.15) is 53.4 Å². The van der Waals surface area contributed by atoms with E-state index in [1.54, 1.807) is 12.5 Å². The fraction of sp³-hybridized carbons (Fsp3) is 0.800. The summed E-state index contributed by atoms with van der Waals surface area (Å²) >= 11 is 0. The zero-order chi connectivity index (χ0) is 11.9. The van der Waals surface area contributed by atoms with E-state index in [1.165, 1.54) is 12.8 Å². The van der Waals surface area contributed by atoms with E-state index in [0.29, 0.717) is 17.1 Å². The molecule has 0 aliphatic heterocycles. The first-order valence-corrected chi connectivity index (χ1v) is 6.65. The lowest BCUT2D eigenvalue weighted by atomic mass is 9.85. The SMILES string of the molecule is CC(=O)CC[C@H]1[C@@H]2C=C(C(C)C)CC[C@@]21C. The van der Waals surface area contributed by atoms with Crippen LogP contribution in [0, 0.1) is 23.2 Å². The van der Waals surface area contributed by atoms with Crippen molar-refractivity contribution in [3.05, 3.63) is 11.6 Å². The predicted octanol–water partition coefficient (Wildman–Crippen LogP) is 3.98. The molecule has 0 aromatic carbocycles. The Bertz CT molecular complexity index is 326. The van der Waals surface area contributed by atoms with Gasteiger partial charge in [0.05, 0.1) is 0 Å². The van der Waals surface area contributed by atoms with Crippen LogP contribution >= 0.6 is 0 Å². The number of allylic oxidation sites excluding steroid dienone is 2. The average Bonchev–Trinajstić information content (AvgIpc) is 2.78. The third-order valence-corrected chi connectivity index (χ3v) is 4.83. The Balaban J connectivity index is 1.99. The Labute approximate surface area is 99.3 Å². The highest BCUT2D eigenvalue weighted by atomic mass is 16.1. The van der Waals surface area contributed by atoms with Gasteiger partial charge < -0.3 is 4.79 Å². The maximum atomic E-state index is 11.0. The first-order chi connectivity index (χ1) is 7.45. The van der Waals surface area contributed by atoms with E-state index >= 15 is 0 Å². The fourth-order valence-electron chi connectivity index (χ4n) is 3.43. The molecule has 1 fully saturated rings. The van der Waals surface area contributed by atoms with Crippen LogP contribution in [0.3, 0.4) is 0 Å². The molecule has 16 heavy (non-hydrogen) atoms. The lowest BCUT2D eigenvalue weighted by Gasteiger charge is -2.20. The Morgan fingerprint density at radius 3 is 2.81 bits per heavy atom. The second kappa shape index (κ2) is 4.01. The number of carbonyl (C=O) groups excluding carboxylic acids is 1. The molecule has 0 spiro atoms. The lowest BCUT2D eigenvalue weighted by molar-refractivity contribution is -0.117. The van der Waals surface area contributed by atoms with E-state index in [4.69, 9.17) is 0 Å². The van der Waals surface area contributed by atoms with Gasteiger partial charge in [0.2, 0.25) is 0 Å². The van der Waals surface area contributed by atoms with Gasteiger partial charge in [0, 0.05) is 6.42 Å². The maximum absolute atomic E-state index is 11.0. The highest BCUT2D eigenvalue weighted by Gasteiger charge is 2.59. The minimum Gasteiger partial charge on any atom is -0.300 e. The first kappa shape index (κ1) is 11.9. The van der Waals surface area contributed by atoms with Crippen LogP contribution in [0.25, 0.3) is 0 Å². The van der Waals surface area contributed by atoms with Gasteiger partial charge in [-0.2, -0.15) is 0 Å². The van der Waals surface area contributed by atoms with E-state index < -0.39 is 0 Å². The van der Waals surface area contributed by atoms with Crippen LogP contribution in [0.5, 0.6) is 0 Å². The largest absolute Gasteiger partial charge is 0.300 e. The van der Waals surface area contributed by atoms with Gasteiger partial charge in [-0.15, -0.1) is 0 Å². The van der Waals surface area contributed by atoms with E-state index in [1.807, 2.05) is 0 Å². The number of rotatable bonds is 4. The molecule has 0 unspecified atom stereocenters. The first-order valence-electron chi connectivity index (χ1n) is 6.65. The Morgan fingerprint density at radius 1 is 1.56 bits per heavy atom. The summed E-state index contributed by atoms with van der Waals surface area (Å²) in [7, 11) is 0. The molecule has 2 rings (SSSR count). The molecule has 0 N–H and O–H groups in total. The van der Waals surface area contributed by atoms with Gasteiger partial charge in [-0.25, -0.2) is 0 Å². The molecule has 2 aliphatic rings. The van der Waals surface area contributed by atoms with E-state index in [9.17, 15) is 4.79 Å². The molecular formula is C15H24O. The van der Waals surface area contributed by atoms with Crippen molar-refractivity contribution in [2.24, 2.45) is 23.2 Å². The van der Waals surface area contributed by atoms with Crippen molar-refractivity contribution in [3.8, 4) is 0 Å². The summed E-state index contributed by atoms with van der Waals surface area (Å²) in [5.74, 6) is 2.62. The molecule has 1 nitrogen and oxygen atoms in total. The van der Waals surface area contributed by atoms with Gasteiger partial charge in [-0.1, -0.05) is 32.4 Å². The van der Waals surface area contributed by atoms with Gasteiger partial charge in [-0.3, -0.25) is 0 Å². The number of hydrogen-bond donors (Lipinski definition) is 0. The van der Waals surface area contributed by atoms with Crippen molar-refractivity contribution in [3.63, 3.8) is 0 Å². The van der Waals surface area contributed by atoms with Crippen molar-refractivity contribution in [1.29, 1.82) is 0 Å². The van der Waals surface area contributed by atoms with Crippen molar-refractivity contribution in [2.45, 2.75) is 53.4 Å². The normalized spacial score (nSPS) is 36.9. The molecule has 0 aromatic rings. The summed E-state index contributed by atoms with van der Waals surface area (Å²) in [6.07, 6.45) is 7.03. The summed E-state index contributed by atoms with van der Waals surface area (Å²) < 4.78 is 0. The third kappa shape index (κ3) is 1.97. The van der Waals surface area contributed by atoms with Gasteiger partial charge in [0.1, 0.15) is 5.78 Å². The van der Waals surface area contributed by atoms with Crippen molar-refractivity contribution in [1.82, 2.24) is 0 Å². The van der Waals surface area contributed by atoms with Gasteiger partial charge >= 0.3 is 0 Å². The summed E-state index contributed by atoms with van der Waals surface area (Å²) in [6, 6.07) is 0. The molecule has 0 aromatic heterocycles. The zero-order valence-electron chi connectivity index (χ0n) is 11.0. The second-order valence-electron chi connectivity index (χ2n) is 6.28. The van der Waals surface area contributed by atoms with Crippen LogP contribution in [0.15, 0.2) is 11.6 Å². The maximum Gasteiger partial charge on any atom is 0.129 e. The number of Topliss-reactive ketones (excluding diaryl/α,β-unsaturated/α-hetero) is 1. The van der Waals surface area contributed by atoms with Gasteiger partial charge in [0.25, 0.3) is 0 Å². The minimum absolute atomic E-state index is 0.348. The van der Waals surface area contributed by atoms with Crippen LogP contribution in [0.2, 0.25) is 0 Å². The predicted molar refractivity (Wildman–Crippen MR) is 67.2 cm³/mol. The topological polar surface area (TPSA) is 17.1 Å². The molecule has 3 atom stereocenters. The summed E-state index contributed by atoms with van der Waals surface area (Å²) in [4.78, 5) is 11.0. The standard InChI is InChI=1S/C15H24O/c1-10(2)12-7-8-15(4)13(14(15)9-12)6-5-11(3)16/h9-10,13-14H,5-8H2,1-4H3/t13-,14-,15+/m0/s1. The number of hydrogen-bond acceptors (Lipinski definition) is 1. The van der Waals surface area contributed by atoms with Crippen LogP contribution in [0.4, 0.5) is 0 Å². The average molecular weight is 220 g/mol. The Morgan fingerprint density at radius 2 is 2.25 bits per heavy atom. The number of carbonyl (C=O) groups is 1. The van der Waals surface area contributed by atoms with E-state index in [-0.39, 0.29) is 0 Å². The molecule has 0 heterocycles. The third-order valence-electron chi connectivity index (χ3n) is 4.83. The summed E-state index contributed by atoms with van der Waals surface area (Å²) in [5, 5.41) is 0. The molecule has 0 bridgehead atoms. The molecule has 0 radical (unpaired) electrons. The highest BCUT2D eigenvalue weighted by molar-refractivity contribution is 5.75. The van der Waals surface area contributed by atoms with Crippen LogP contribution < -0.4 is 0 Å². The molecule has 1 heteroatoms. The van der Waals surface area contributed by atoms with E-state index in [0.717, 1.165) is 24.7 Å². The Hall–Kier alpha value is -0.590. The summed E-state index contributed by atoms with van der Waals surface area (Å²) in [6.45, 7) is 8.71. The molecule has 90 valence electrons. The van der Waals surface area contributed by atoms with E-state index in [2.05, 4.69) is 26.8 Å². The molecule has 1 saturated carbocycles. The molecular weight excluding hydrogens is 196 g/mol. The monoisotopic (exact) mass is 220 g/mol. The molecule has 0 saturated heterocycles. The quantitative estimate of drug-likeness (QED) is 0.655. The minimum atomic E-state index is 0.348. The molecule has 0 amide bonds. The molecule has 2 aliphatic carbocycles. The van der Waals surface area contributed by atoms with Crippen LogP contribution in [-0.2, 0) is 4.79 Å². The van der Waals surface area contributed by atoms with Crippen molar-refractivity contribution >= 4 is 5.78 Å². The van der Waals surface area contributed by atoms with Crippen molar-refractivity contribution in [2.75, 3.05) is 0 Å². The summed E-state index contributed by atoms with van der Waals surface area (Å²) in [5.41, 5.74) is 2.18. The van der Waals surface area contributed by atoms with Crippen molar-refractivity contribution < 1.29 is 4.79 Å². The number of ketones is 1. The van der Waals surface area contributed by atoms with Gasteiger partial charge in [0.15, 0.2) is 0 Å². The van der Waals surface area contributed by atoms with Gasteiger partial charge in [-0.05, 0) is 49.4 Å².